The Morgan fingerprint density at radius 1 is 1.10 bits per heavy atom. The van der Waals surface area contributed by atoms with E-state index in [9.17, 15) is 23.1 Å². The number of hydrogen-bond acceptors (Lipinski definition) is 6. The second kappa shape index (κ2) is 11.4. The fourth-order valence-electron chi connectivity index (χ4n) is 3.73. The molecule has 0 fully saturated rings. The Kier molecular flexibility index (Phi) is 7.99. The number of halogens is 3. The van der Waals surface area contributed by atoms with E-state index >= 15 is 0 Å². The number of aliphatic hydroxyl groups excluding tert-OH is 1. The summed E-state index contributed by atoms with van der Waals surface area (Å²) in [4.78, 5) is 13.1. The molecule has 4 rings (SSSR count). The lowest BCUT2D eigenvalue weighted by Crippen LogP contribution is -2.23. The standard InChI is InChI=1S/C28H24F3N5O3/c1-17(33)16-39-23-10-8-19(9-11-23)26(37)20-5-3-6-21(13-20)34-27(38)24-14-25(28(29,30)31)35-36(24)22-7-2-4-18(12-22)15-32/h2-14,17,26,37H,16,33H2,1H3,(H,34,38). The molecule has 0 radical (unpaired) electrons. The second-order valence-corrected chi connectivity index (χ2v) is 8.83. The number of hydrogen-bond donors (Lipinski definition) is 3. The van der Waals surface area contributed by atoms with Crippen molar-refractivity contribution in [3.05, 3.63) is 107 Å². The lowest BCUT2D eigenvalue weighted by Gasteiger charge is -2.15. The molecule has 0 bridgehead atoms. The molecule has 4 N–H and O–H groups in total. The highest BCUT2D eigenvalue weighted by Gasteiger charge is 2.36. The van der Waals surface area contributed by atoms with E-state index in [-0.39, 0.29) is 28.7 Å². The van der Waals surface area contributed by atoms with Crippen LogP contribution in [0, 0.1) is 11.3 Å². The minimum atomic E-state index is -4.79. The Morgan fingerprint density at radius 3 is 2.49 bits per heavy atom. The molecule has 0 aliphatic rings. The molecule has 2 atom stereocenters. The molecule has 0 saturated heterocycles. The van der Waals surface area contributed by atoms with Crippen LogP contribution in [0.25, 0.3) is 5.69 Å². The monoisotopic (exact) mass is 535 g/mol. The number of aromatic nitrogens is 2. The van der Waals surface area contributed by atoms with E-state index in [0.717, 1.165) is 4.68 Å². The van der Waals surface area contributed by atoms with Crippen LogP contribution < -0.4 is 15.8 Å². The van der Waals surface area contributed by atoms with Gasteiger partial charge in [-0.2, -0.15) is 23.5 Å². The molecule has 11 heteroatoms. The van der Waals surface area contributed by atoms with Gasteiger partial charge in [0, 0.05) is 17.8 Å². The number of carbonyl (C=O) groups is 1. The number of nitriles is 1. The molecule has 8 nitrogen and oxygen atoms in total. The summed E-state index contributed by atoms with van der Waals surface area (Å²) in [6.07, 6.45) is -5.83. The first kappa shape index (κ1) is 27.4. The van der Waals surface area contributed by atoms with Crippen LogP contribution in [0.2, 0.25) is 0 Å². The van der Waals surface area contributed by atoms with Crippen LogP contribution in [0.5, 0.6) is 5.75 Å². The van der Waals surface area contributed by atoms with Gasteiger partial charge in [0.05, 0.1) is 17.3 Å². The molecule has 0 aliphatic heterocycles. The van der Waals surface area contributed by atoms with Crippen molar-refractivity contribution in [2.45, 2.75) is 25.2 Å². The second-order valence-electron chi connectivity index (χ2n) is 8.83. The highest BCUT2D eigenvalue weighted by Crippen LogP contribution is 2.31. The van der Waals surface area contributed by atoms with Crippen molar-refractivity contribution in [3.63, 3.8) is 0 Å². The van der Waals surface area contributed by atoms with Crippen molar-refractivity contribution in [3.8, 4) is 17.5 Å². The Hall–Kier alpha value is -4.66. The lowest BCUT2D eigenvalue weighted by atomic mass is 10.0. The third-order valence-corrected chi connectivity index (χ3v) is 5.62. The lowest BCUT2D eigenvalue weighted by molar-refractivity contribution is -0.141. The molecule has 0 saturated carbocycles. The van der Waals surface area contributed by atoms with Crippen molar-refractivity contribution in [1.29, 1.82) is 5.26 Å². The predicted molar refractivity (Wildman–Crippen MR) is 137 cm³/mol. The van der Waals surface area contributed by atoms with Gasteiger partial charge in [-0.05, 0) is 60.5 Å². The molecule has 0 aliphatic carbocycles. The maximum Gasteiger partial charge on any atom is 0.435 e. The minimum Gasteiger partial charge on any atom is -0.492 e. The summed E-state index contributed by atoms with van der Waals surface area (Å²) in [5.74, 6) is -0.262. The fraction of sp³-hybridized carbons (Fsp3) is 0.179. The van der Waals surface area contributed by atoms with E-state index in [1.165, 1.54) is 30.3 Å². The Bertz CT molecular complexity index is 1510. The molecule has 4 aromatic rings. The first-order chi connectivity index (χ1) is 18.5. The van der Waals surface area contributed by atoms with Crippen LogP contribution in [-0.2, 0) is 6.18 Å². The molecule has 200 valence electrons. The molecular weight excluding hydrogens is 511 g/mol. The van der Waals surface area contributed by atoms with Gasteiger partial charge >= 0.3 is 6.18 Å². The fourth-order valence-corrected chi connectivity index (χ4v) is 3.73. The van der Waals surface area contributed by atoms with Gasteiger partial charge < -0.3 is 20.9 Å². The molecule has 1 aromatic heterocycles. The van der Waals surface area contributed by atoms with Crippen LogP contribution in [0.3, 0.4) is 0 Å². The van der Waals surface area contributed by atoms with E-state index in [1.54, 1.807) is 42.5 Å². The van der Waals surface area contributed by atoms with Crippen LogP contribution in [-0.4, -0.2) is 33.4 Å². The SMILES string of the molecule is CC(N)COc1ccc(C(O)c2cccc(NC(=O)c3cc(C(F)(F)F)nn3-c3cccc(C#N)c3)c2)cc1. The first-order valence-corrected chi connectivity index (χ1v) is 11.8. The van der Waals surface area contributed by atoms with Crippen molar-refractivity contribution < 1.29 is 27.8 Å². The number of amides is 1. The average Bonchev–Trinajstić information content (AvgIpc) is 3.39. The van der Waals surface area contributed by atoms with Crippen LogP contribution in [0.15, 0.2) is 78.9 Å². The summed E-state index contributed by atoms with van der Waals surface area (Å²) in [6, 6.07) is 21.2. The average molecular weight is 536 g/mol. The van der Waals surface area contributed by atoms with Crippen molar-refractivity contribution in [2.75, 3.05) is 11.9 Å². The number of ether oxygens (including phenoxy) is 1. The van der Waals surface area contributed by atoms with E-state index in [4.69, 9.17) is 15.7 Å². The topological polar surface area (TPSA) is 126 Å². The number of anilines is 1. The highest BCUT2D eigenvalue weighted by molar-refractivity contribution is 6.03. The molecular formula is C28H24F3N5O3. The highest BCUT2D eigenvalue weighted by atomic mass is 19.4. The molecule has 2 unspecified atom stereocenters. The van der Waals surface area contributed by atoms with Gasteiger partial charge in [-0.15, -0.1) is 0 Å². The van der Waals surface area contributed by atoms with Gasteiger partial charge in [0.1, 0.15) is 24.2 Å². The van der Waals surface area contributed by atoms with E-state index in [1.807, 2.05) is 13.0 Å². The van der Waals surface area contributed by atoms with Gasteiger partial charge in [0.15, 0.2) is 5.69 Å². The van der Waals surface area contributed by atoms with E-state index in [2.05, 4.69) is 10.4 Å². The number of aliphatic hydroxyl groups is 1. The van der Waals surface area contributed by atoms with Crippen LogP contribution >= 0.6 is 0 Å². The molecule has 39 heavy (non-hydrogen) atoms. The molecule has 0 spiro atoms. The van der Waals surface area contributed by atoms with Crippen molar-refractivity contribution in [1.82, 2.24) is 9.78 Å². The third kappa shape index (κ3) is 6.62. The van der Waals surface area contributed by atoms with E-state index in [0.29, 0.717) is 29.5 Å². The van der Waals surface area contributed by atoms with Gasteiger partial charge in [0.25, 0.3) is 5.91 Å². The number of rotatable bonds is 8. The first-order valence-electron chi connectivity index (χ1n) is 11.8. The number of alkyl halides is 3. The zero-order chi connectivity index (χ0) is 28.2. The summed E-state index contributed by atoms with van der Waals surface area (Å²) in [5.41, 5.74) is 5.62. The van der Waals surface area contributed by atoms with Crippen molar-refractivity contribution in [2.24, 2.45) is 5.73 Å². The van der Waals surface area contributed by atoms with Gasteiger partial charge in [-0.1, -0.05) is 30.3 Å². The smallest absolute Gasteiger partial charge is 0.435 e. The Morgan fingerprint density at radius 2 is 1.82 bits per heavy atom. The number of benzene rings is 3. The molecule has 3 aromatic carbocycles. The minimum absolute atomic E-state index is 0.118. The predicted octanol–water partition coefficient (Wildman–Crippen LogP) is 4.82. The normalized spacial score (nSPS) is 12.8. The summed E-state index contributed by atoms with van der Waals surface area (Å²) in [6.45, 7) is 2.16. The summed E-state index contributed by atoms with van der Waals surface area (Å²) >= 11 is 0. The summed E-state index contributed by atoms with van der Waals surface area (Å²) in [5, 5.41) is 26.2. The van der Waals surface area contributed by atoms with Crippen LogP contribution in [0.4, 0.5) is 18.9 Å². The maximum absolute atomic E-state index is 13.4. The third-order valence-electron chi connectivity index (χ3n) is 5.62. The van der Waals surface area contributed by atoms with Gasteiger partial charge in [-0.3, -0.25) is 4.79 Å². The summed E-state index contributed by atoms with van der Waals surface area (Å²) in [7, 11) is 0. The largest absolute Gasteiger partial charge is 0.492 e. The number of nitrogens with zero attached hydrogens (tertiary/aromatic N) is 3. The zero-order valence-electron chi connectivity index (χ0n) is 20.7. The molecule has 1 heterocycles. The zero-order valence-corrected chi connectivity index (χ0v) is 20.7. The number of nitrogens with two attached hydrogens (primary N) is 1. The van der Waals surface area contributed by atoms with Gasteiger partial charge in [-0.25, -0.2) is 4.68 Å². The van der Waals surface area contributed by atoms with E-state index < -0.39 is 23.9 Å². The van der Waals surface area contributed by atoms with Crippen LogP contribution in [0.1, 0.15) is 45.9 Å². The number of nitrogens with one attached hydrogen (secondary N) is 1. The Labute approximate surface area is 222 Å². The number of carbonyl (C=O) groups excluding carboxylic acids is 1. The summed E-state index contributed by atoms with van der Waals surface area (Å²) < 4.78 is 46.7. The Balaban J connectivity index is 1.58. The maximum atomic E-state index is 13.4. The quantitative estimate of drug-likeness (QED) is 0.297. The molecule has 1 amide bonds. The van der Waals surface area contributed by atoms with Crippen molar-refractivity contribution >= 4 is 11.6 Å². The van der Waals surface area contributed by atoms with Gasteiger partial charge in [0.2, 0.25) is 0 Å².